The number of hydrogen-bond acceptors (Lipinski definition) is 3. The molecular weight excluding hydrogens is 242 g/mol. The number of benzene rings is 1. The molecule has 0 aliphatic rings. The van der Waals surface area contributed by atoms with E-state index in [1.54, 1.807) is 22.8 Å². The molecule has 0 saturated carbocycles. The van der Waals surface area contributed by atoms with Crippen LogP contribution in [0.25, 0.3) is 5.69 Å². The average Bonchev–Trinajstić information content (AvgIpc) is 2.74. The highest BCUT2D eigenvalue weighted by Crippen LogP contribution is 2.16. The molecule has 1 heterocycles. The van der Waals surface area contributed by atoms with Crippen LogP contribution in [0.2, 0.25) is 0 Å². The lowest BCUT2D eigenvalue weighted by Gasteiger charge is -2.18. The summed E-state index contributed by atoms with van der Waals surface area (Å²) in [5, 5.41) is 0. The maximum Gasteiger partial charge on any atom is 0.364 e. The van der Waals surface area contributed by atoms with Crippen molar-refractivity contribution in [1.29, 1.82) is 0 Å². The number of aromatic nitrogens is 3. The first kappa shape index (κ1) is 13.5. The lowest BCUT2D eigenvalue weighted by Crippen LogP contribution is -2.29. The summed E-state index contributed by atoms with van der Waals surface area (Å²) in [7, 11) is 1.63. The SMILES string of the molecule is COC[C@H](C)n1c(=O)ncn1-c1cc(C)ccc1C. The van der Waals surface area contributed by atoms with Crippen molar-refractivity contribution >= 4 is 0 Å². The largest absolute Gasteiger partial charge is 0.382 e. The molecule has 1 atom stereocenters. The van der Waals surface area contributed by atoms with Crippen molar-refractivity contribution in [3.8, 4) is 5.69 Å². The van der Waals surface area contributed by atoms with Gasteiger partial charge in [-0.25, -0.2) is 14.2 Å². The topological polar surface area (TPSA) is 49.1 Å². The second kappa shape index (κ2) is 5.40. The molecule has 0 aliphatic carbocycles. The quantitative estimate of drug-likeness (QED) is 0.844. The van der Waals surface area contributed by atoms with Crippen LogP contribution in [0.4, 0.5) is 0 Å². The van der Waals surface area contributed by atoms with Crippen LogP contribution in [0.3, 0.4) is 0 Å². The predicted molar refractivity (Wildman–Crippen MR) is 73.9 cm³/mol. The average molecular weight is 261 g/mol. The third-order valence-corrected chi connectivity index (χ3v) is 3.14. The Morgan fingerprint density at radius 1 is 1.37 bits per heavy atom. The number of methoxy groups -OCH3 is 1. The second-order valence-corrected chi connectivity index (χ2v) is 4.81. The Morgan fingerprint density at radius 2 is 2.11 bits per heavy atom. The first-order valence-corrected chi connectivity index (χ1v) is 6.27. The number of nitrogens with zero attached hydrogens (tertiary/aromatic N) is 3. The molecule has 0 unspecified atom stereocenters. The van der Waals surface area contributed by atoms with Gasteiger partial charge in [0.25, 0.3) is 0 Å². The van der Waals surface area contributed by atoms with Gasteiger partial charge in [0.1, 0.15) is 6.33 Å². The van der Waals surface area contributed by atoms with Crippen molar-refractivity contribution < 1.29 is 4.74 Å². The van der Waals surface area contributed by atoms with E-state index in [0.29, 0.717) is 6.61 Å². The standard InChI is InChI=1S/C14H19N3O2/c1-10-5-6-11(2)13(7-10)16-9-15-14(18)17(16)12(3)8-19-4/h5-7,9,12H,8H2,1-4H3/t12-/m0/s1. The molecule has 0 amide bonds. The minimum atomic E-state index is -0.259. The number of ether oxygens (including phenoxy) is 1. The lowest BCUT2D eigenvalue weighted by atomic mass is 10.1. The molecule has 5 nitrogen and oxygen atoms in total. The van der Waals surface area contributed by atoms with Gasteiger partial charge in [-0.3, -0.25) is 0 Å². The second-order valence-electron chi connectivity index (χ2n) is 4.81. The van der Waals surface area contributed by atoms with E-state index in [9.17, 15) is 4.79 Å². The fourth-order valence-electron chi connectivity index (χ4n) is 2.17. The molecule has 2 rings (SSSR count). The van der Waals surface area contributed by atoms with Crippen molar-refractivity contribution in [3.05, 3.63) is 46.1 Å². The van der Waals surface area contributed by atoms with Crippen molar-refractivity contribution in [3.63, 3.8) is 0 Å². The fraction of sp³-hybridized carbons (Fsp3) is 0.429. The molecule has 0 radical (unpaired) electrons. The first-order chi connectivity index (χ1) is 9.04. The Bertz CT molecular complexity index is 628. The molecule has 19 heavy (non-hydrogen) atoms. The van der Waals surface area contributed by atoms with E-state index in [-0.39, 0.29) is 11.7 Å². The van der Waals surface area contributed by atoms with Gasteiger partial charge in [0, 0.05) is 7.11 Å². The van der Waals surface area contributed by atoms with Gasteiger partial charge in [0.2, 0.25) is 0 Å². The van der Waals surface area contributed by atoms with E-state index in [4.69, 9.17) is 4.74 Å². The lowest BCUT2D eigenvalue weighted by molar-refractivity contribution is 0.152. The molecule has 5 heteroatoms. The molecule has 0 fully saturated rings. The van der Waals surface area contributed by atoms with Gasteiger partial charge in [0.15, 0.2) is 0 Å². The maximum absolute atomic E-state index is 11.9. The fourth-order valence-corrected chi connectivity index (χ4v) is 2.17. The summed E-state index contributed by atoms with van der Waals surface area (Å²) in [4.78, 5) is 15.8. The molecule has 1 aromatic heterocycles. The van der Waals surface area contributed by atoms with Crippen LogP contribution in [-0.4, -0.2) is 28.1 Å². The maximum atomic E-state index is 11.9. The van der Waals surface area contributed by atoms with Crippen molar-refractivity contribution in [2.45, 2.75) is 26.8 Å². The summed E-state index contributed by atoms with van der Waals surface area (Å²) in [5.41, 5.74) is 2.96. The molecule has 102 valence electrons. The Kier molecular flexibility index (Phi) is 3.85. The van der Waals surface area contributed by atoms with Crippen molar-refractivity contribution in [2.75, 3.05) is 13.7 Å². The van der Waals surface area contributed by atoms with E-state index in [0.717, 1.165) is 16.8 Å². The number of hydrogen-bond donors (Lipinski definition) is 0. The molecule has 1 aromatic carbocycles. The molecular formula is C14H19N3O2. The van der Waals surface area contributed by atoms with Gasteiger partial charge in [0.05, 0.1) is 18.3 Å². The van der Waals surface area contributed by atoms with E-state index < -0.39 is 0 Å². The van der Waals surface area contributed by atoms with Crippen LogP contribution in [0.5, 0.6) is 0 Å². The van der Waals surface area contributed by atoms with Crippen LogP contribution >= 0.6 is 0 Å². The normalized spacial score (nSPS) is 12.6. The summed E-state index contributed by atoms with van der Waals surface area (Å²) in [6.45, 7) is 6.45. The zero-order valence-electron chi connectivity index (χ0n) is 11.8. The molecule has 0 N–H and O–H groups in total. The van der Waals surface area contributed by atoms with Crippen LogP contribution in [0, 0.1) is 13.8 Å². The smallest absolute Gasteiger partial charge is 0.364 e. The summed E-state index contributed by atoms with van der Waals surface area (Å²) in [6.07, 6.45) is 1.57. The number of aryl methyl sites for hydroxylation is 2. The highest BCUT2D eigenvalue weighted by Gasteiger charge is 2.14. The van der Waals surface area contributed by atoms with Gasteiger partial charge in [-0.05, 0) is 38.0 Å². The Morgan fingerprint density at radius 3 is 2.79 bits per heavy atom. The minimum absolute atomic E-state index is 0.0695. The molecule has 0 aliphatic heterocycles. The Labute approximate surface area is 112 Å². The van der Waals surface area contributed by atoms with Gasteiger partial charge in [-0.2, -0.15) is 4.98 Å². The van der Waals surface area contributed by atoms with E-state index in [1.165, 1.54) is 0 Å². The van der Waals surface area contributed by atoms with Gasteiger partial charge >= 0.3 is 5.69 Å². The highest BCUT2D eigenvalue weighted by atomic mass is 16.5. The summed E-state index contributed by atoms with van der Waals surface area (Å²) in [6, 6.07) is 6.07. The van der Waals surface area contributed by atoms with E-state index >= 15 is 0 Å². The third kappa shape index (κ3) is 2.61. The van der Waals surface area contributed by atoms with Gasteiger partial charge in [-0.15, -0.1) is 0 Å². The van der Waals surface area contributed by atoms with Gasteiger partial charge in [-0.1, -0.05) is 12.1 Å². The minimum Gasteiger partial charge on any atom is -0.382 e. The molecule has 0 bridgehead atoms. The van der Waals surface area contributed by atoms with E-state index in [2.05, 4.69) is 11.1 Å². The molecule has 2 aromatic rings. The van der Waals surface area contributed by atoms with Gasteiger partial charge < -0.3 is 4.74 Å². The van der Waals surface area contributed by atoms with E-state index in [1.807, 2.05) is 32.9 Å². The monoisotopic (exact) mass is 261 g/mol. The van der Waals surface area contributed by atoms with Crippen LogP contribution in [-0.2, 0) is 4.74 Å². The Hall–Kier alpha value is -1.88. The van der Waals surface area contributed by atoms with Crippen molar-refractivity contribution in [1.82, 2.24) is 14.3 Å². The van der Waals surface area contributed by atoms with Crippen LogP contribution in [0.15, 0.2) is 29.3 Å². The predicted octanol–water partition coefficient (Wildman–Crippen LogP) is 1.86. The zero-order chi connectivity index (χ0) is 14.0. The summed E-state index contributed by atoms with van der Waals surface area (Å²) >= 11 is 0. The third-order valence-electron chi connectivity index (χ3n) is 3.14. The van der Waals surface area contributed by atoms with Crippen LogP contribution < -0.4 is 5.69 Å². The molecule has 0 saturated heterocycles. The zero-order valence-corrected chi connectivity index (χ0v) is 11.8. The Balaban J connectivity index is 2.57. The van der Waals surface area contributed by atoms with Crippen molar-refractivity contribution in [2.24, 2.45) is 0 Å². The highest BCUT2D eigenvalue weighted by molar-refractivity contribution is 5.42. The first-order valence-electron chi connectivity index (χ1n) is 6.27. The summed E-state index contributed by atoms with van der Waals surface area (Å²) < 4.78 is 8.54. The summed E-state index contributed by atoms with van der Waals surface area (Å²) in [5.74, 6) is 0. The van der Waals surface area contributed by atoms with Crippen LogP contribution in [0.1, 0.15) is 24.1 Å². The number of rotatable bonds is 4. The molecule has 0 spiro atoms.